The largest absolute Gasteiger partial charge is 0.291 e. The molecule has 2 amide bonds. The third-order valence-corrected chi connectivity index (χ3v) is 4.73. The molecule has 0 saturated carbocycles. The average Bonchev–Trinajstić information content (AvgIpc) is 2.91. The molecule has 0 bridgehead atoms. The van der Waals surface area contributed by atoms with Crippen molar-refractivity contribution < 1.29 is 9.59 Å². The van der Waals surface area contributed by atoms with Gasteiger partial charge < -0.3 is 0 Å². The number of thiophene rings is 1. The van der Waals surface area contributed by atoms with Gasteiger partial charge in [-0.05, 0) is 36.9 Å². The number of imide groups is 1. The summed E-state index contributed by atoms with van der Waals surface area (Å²) in [5.74, 6) is -0.360. The van der Waals surface area contributed by atoms with Crippen LogP contribution >= 0.6 is 23.1 Å². The first-order chi connectivity index (χ1) is 9.56. The van der Waals surface area contributed by atoms with Gasteiger partial charge in [0.25, 0.3) is 5.91 Å². The van der Waals surface area contributed by atoms with Crippen LogP contribution in [0.5, 0.6) is 0 Å². The number of thioether (sulfide) groups is 1. The molecule has 1 aromatic heterocycles. The van der Waals surface area contributed by atoms with Gasteiger partial charge in [-0.1, -0.05) is 23.8 Å². The number of carbonyl (C=O) groups is 2. The molecule has 2 rings (SSSR count). The molecule has 0 unspecified atom stereocenters. The Morgan fingerprint density at radius 2 is 2.05 bits per heavy atom. The van der Waals surface area contributed by atoms with Gasteiger partial charge in [0.1, 0.15) is 0 Å². The molecule has 0 spiro atoms. The molecule has 0 radical (unpaired) electrons. The van der Waals surface area contributed by atoms with E-state index in [1.165, 1.54) is 28.7 Å². The lowest BCUT2D eigenvalue weighted by Gasteiger charge is -2.06. The van der Waals surface area contributed by atoms with E-state index in [2.05, 4.69) is 11.4 Å². The number of amides is 2. The van der Waals surface area contributed by atoms with Crippen LogP contribution in [0.15, 0.2) is 40.6 Å². The second kappa shape index (κ2) is 6.72. The Morgan fingerprint density at radius 3 is 2.70 bits per heavy atom. The topological polar surface area (TPSA) is 46.2 Å². The zero-order valence-corrected chi connectivity index (χ0v) is 12.9. The number of nitrogens with one attached hydrogen (secondary N) is 1. The molecule has 104 valence electrons. The summed E-state index contributed by atoms with van der Waals surface area (Å²) >= 11 is 2.76. The number of aryl methyl sites for hydroxylation is 2. The highest BCUT2D eigenvalue weighted by Gasteiger charge is 2.11. The highest BCUT2D eigenvalue weighted by Crippen LogP contribution is 2.22. The van der Waals surface area contributed by atoms with Gasteiger partial charge in [-0.2, -0.15) is 0 Å². The Bertz CT molecular complexity index is 621. The molecule has 1 heterocycles. The molecule has 0 atom stereocenters. The van der Waals surface area contributed by atoms with E-state index in [1.807, 2.05) is 31.4 Å². The summed E-state index contributed by atoms with van der Waals surface area (Å²) in [5.41, 5.74) is 2.34. The summed E-state index contributed by atoms with van der Waals surface area (Å²) in [6.45, 7) is 4.05. The normalized spacial score (nSPS) is 10.3. The van der Waals surface area contributed by atoms with Gasteiger partial charge in [-0.3, -0.25) is 14.9 Å². The first kappa shape index (κ1) is 14.8. The molecule has 0 aliphatic rings. The van der Waals surface area contributed by atoms with Crippen molar-refractivity contribution >= 4 is 34.9 Å². The molecule has 0 aliphatic heterocycles. The highest BCUT2D eigenvalue weighted by atomic mass is 32.2. The van der Waals surface area contributed by atoms with Gasteiger partial charge >= 0.3 is 0 Å². The minimum atomic E-state index is -0.328. The predicted molar refractivity (Wildman–Crippen MR) is 83.4 cm³/mol. The van der Waals surface area contributed by atoms with E-state index in [1.54, 1.807) is 12.1 Å². The first-order valence-corrected chi connectivity index (χ1v) is 8.00. The van der Waals surface area contributed by atoms with Crippen molar-refractivity contribution in [3.8, 4) is 0 Å². The first-order valence-electron chi connectivity index (χ1n) is 6.14. The lowest BCUT2D eigenvalue weighted by atomic mass is 10.2. The number of rotatable bonds is 4. The van der Waals surface area contributed by atoms with Crippen LogP contribution in [0.4, 0.5) is 0 Å². The Hall–Kier alpha value is -1.59. The Labute approximate surface area is 126 Å². The minimum absolute atomic E-state index is 0.237. The highest BCUT2D eigenvalue weighted by molar-refractivity contribution is 8.00. The molecule has 20 heavy (non-hydrogen) atoms. The van der Waals surface area contributed by atoms with Crippen LogP contribution in [0.2, 0.25) is 0 Å². The SMILES string of the molecule is Cc1ccc(SCC(=O)NC(=O)c2cccs2)c(C)c1. The summed E-state index contributed by atoms with van der Waals surface area (Å²) in [7, 11) is 0. The zero-order chi connectivity index (χ0) is 14.5. The van der Waals surface area contributed by atoms with Crippen molar-refractivity contribution in [1.82, 2.24) is 5.32 Å². The Balaban J connectivity index is 1.88. The van der Waals surface area contributed by atoms with Crippen LogP contribution in [0.3, 0.4) is 0 Å². The number of hydrogen-bond donors (Lipinski definition) is 1. The fourth-order valence-electron chi connectivity index (χ4n) is 1.74. The van der Waals surface area contributed by atoms with Crippen LogP contribution in [0.25, 0.3) is 0 Å². The third-order valence-electron chi connectivity index (χ3n) is 2.69. The van der Waals surface area contributed by atoms with Gasteiger partial charge in [0.15, 0.2) is 0 Å². The molecule has 3 nitrogen and oxygen atoms in total. The van der Waals surface area contributed by atoms with Gasteiger partial charge in [-0.15, -0.1) is 23.1 Å². The summed E-state index contributed by atoms with van der Waals surface area (Å²) in [6.07, 6.45) is 0. The lowest BCUT2D eigenvalue weighted by Crippen LogP contribution is -2.31. The van der Waals surface area contributed by atoms with Crippen LogP contribution in [-0.2, 0) is 4.79 Å². The van der Waals surface area contributed by atoms with E-state index in [0.29, 0.717) is 4.88 Å². The maximum atomic E-state index is 11.8. The van der Waals surface area contributed by atoms with Crippen molar-refractivity contribution in [2.45, 2.75) is 18.7 Å². The van der Waals surface area contributed by atoms with Crippen molar-refractivity contribution in [2.24, 2.45) is 0 Å². The molecule has 1 aromatic carbocycles. The van der Waals surface area contributed by atoms with Gasteiger partial charge in [0.2, 0.25) is 5.91 Å². The van der Waals surface area contributed by atoms with Crippen molar-refractivity contribution in [1.29, 1.82) is 0 Å². The second-order valence-corrected chi connectivity index (χ2v) is 6.38. The third kappa shape index (κ3) is 3.95. The maximum absolute atomic E-state index is 11.8. The fourth-order valence-corrected chi connectivity index (χ4v) is 3.17. The second-order valence-electron chi connectivity index (χ2n) is 4.41. The van der Waals surface area contributed by atoms with Crippen molar-refractivity contribution in [3.63, 3.8) is 0 Å². The van der Waals surface area contributed by atoms with Crippen molar-refractivity contribution in [2.75, 3.05) is 5.75 Å². The molecule has 0 fully saturated rings. The van der Waals surface area contributed by atoms with Crippen LogP contribution in [-0.4, -0.2) is 17.6 Å². The van der Waals surface area contributed by atoms with E-state index in [0.717, 1.165) is 10.5 Å². The van der Waals surface area contributed by atoms with E-state index in [-0.39, 0.29) is 17.6 Å². The van der Waals surface area contributed by atoms with Gasteiger partial charge in [-0.25, -0.2) is 0 Å². The zero-order valence-electron chi connectivity index (χ0n) is 11.3. The van der Waals surface area contributed by atoms with Crippen molar-refractivity contribution in [3.05, 3.63) is 51.7 Å². The fraction of sp³-hybridized carbons (Fsp3) is 0.200. The molecule has 1 N–H and O–H groups in total. The molecular weight excluding hydrogens is 290 g/mol. The van der Waals surface area contributed by atoms with Crippen LogP contribution in [0, 0.1) is 13.8 Å². The molecule has 2 aromatic rings. The Morgan fingerprint density at radius 1 is 1.25 bits per heavy atom. The van der Waals surface area contributed by atoms with Gasteiger partial charge in [0.05, 0.1) is 10.6 Å². The standard InChI is InChI=1S/C15H15NO2S2/c1-10-5-6-12(11(2)8-10)20-9-14(17)16-15(18)13-4-3-7-19-13/h3-8H,9H2,1-2H3,(H,16,17,18). The van der Waals surface area contributed by atoms with E-state index < -0.39 is 0 Å². The molecule has 0 aliphatic carbocycles. The average molecular weight is 305 g/mol. The number of carbonyl (C=O) groups excluding carboxylic acids is 2. The smallest absolute Gasteiger partial charge is 0.267 e. The van der Waals surface area contributed by atoms with Gasteiger partial charge in [0, 0.05) is 4.90 Å². The summed E-state index contributed by atoms with van der Waals surface area (Å²) in [5, 5.41) is 4.20. The lowest BCUT2D eigenvalue weighted by molar-refractivity contribution is -0.117. The van der Waals surface area contributed by atoms with E-state index >= 15 is 0 Å². The van der Waals surface area contributed by atoms with Crippen LogP contribution in [0.1, 0.15) is 20.8 Å². The maximum Gasteiger partial charge on any atom is 0.267 e. The number of benzene rings is 1. The van der Waals surface area contributed by atoms with Crippen LogP contribution < -0.4 is 5.32 Å². The quantitative estimate of drug-likeness (QED) is 0.881. The number of hydrogen-bond acceptors (Lipinski definition) is 4. The minimum Gasteiger partial charge on any atom is -0.291 e. The molecule has 0 saturated heterocycles. The summed E-state index contributed by atoms with van der Waals surface area (Å²) in [4.78, 5) is 25.1. The Kier molecular flexibility index (Phi) is 4.98. The predicted octanol–water partition coefficient (Wildman–Crippen LogP) is 3.41. The molecule has 5 heteroatoms. The summed E-state index contributed by atoms with van der Waals surface area (Å²) in [6, 6.07) is 9.59. The van der Waals surface area contributed by atoms with E-state index in [9.17, 15) is 9.59 Å². The molecular formula is C15H15NO2S2. The van der Waals surface area contributed by atoms with E-state index in [4.69, 9.17) is 0 Å². The summed E-state index contributed by atoms with van der Waals surface area (Å²) < 4.78 is 0. The monoisotopic (exact) mass is 305 g/mol.